The van der Waals surface area contributed by atoms with Crippen molar-refractivity contribution in [3.63, 3.8) is 0 Å². The van der Waals surface area contributed by atoms with Crippen LogP contribution in [0.25, 0.3) is 0 Å². The third-order valence-corrected chi connectivity index (χ3v) is 4.25. The monoisotopic (exact) mass is 429 g/mol. The first-order valence-electron chi connectivity index (χ1n) is 8.42. The number of benzene rings is 1. The number of ether oxygens (including phenoxy) is 2. The summed E-state index contributed by atoms with van der Waals surface area (Å²) < 4.78 is 48.3. The highest BCUT2D eigenvalue weighted by atomic mass is 35.5. The number of alkyl halides is 2. The third kappa shape index (κ3) is 5.45. The lowest BCUT2D eigenvalue weighted by Gasteiger charge is -2.30. The molecule has 10 heteroatoms. The Kier molecular flexibility index (Phi) is 7.21. The minimum atomic E-state index is -2.97. The zero-order chi connectivity index (χ0) is 20.3. The van der Waals surface area contributed by atoms with Gasteiger partial charge in [0, 0.05) is 12.0 Å². The molecule has 1 aromatic carbocycles. The van der Waals surface area contributed by atoms with E-state index in [1.54, 1.807) is 13.0 Å². The molecular formula is C19H19ClF3N3O3. The molecule has 156 valence electrons. The van der Waals surface area contributed by atoms with Gasteiger partial charge in [-0.25, -0.2) is 9.37 Å². The number of pyridine rings is 1. The van der Waals surface area contributed by atoms with Gasteiger partial charge < -0.3 is 15.2 Å². The van der Waals surface area contributed by atoms with Gasteiger partial charge in [-0.05, 0) is 36.8 Å². The number of rotatable bonds is 6. The van der Waals surface area contributed by atoms with Crippen LogP contribution in [0.1, 0.15) is 28.5 Å². The number of carbonyl (C=O) groups excluding carboxylic acids is 1. The smallest absolute Gasteiger partial charge is 0.387 e. The Balaban J connectivity index is 0.00000300. The minimum Gasteiger partial charge on any atom is -0.433 e. The molecule has 6 nitrogen and oxygen atoms in total. The molecule has 0 saturated heterocycles. The normalized spacial score (nSPS) is 18.7. The zero-order valence-corrected chi connectivity index (χ0v) is 16.2. The quantitative estimate of drug-likeness (QED) is 0.712. The predicted molar refractivity (Wildman–Crippen MR) is 102 cm³/mol. The van der Waals surface area contributed by atoms with Crippen molar-refractivity contribution in [2.45, 2.75) is 25.5 Å². The first kappa shape index (κ1) is 22.6. The summed E-state index contributed by atoms with van der Waals surface area (Å²) in [5.41, 5.74) is 5.64. The summed E-state index contributed by atoms with van der Waals surface area (Å²) in [5.74, 6) is -0.706. The van der Waals surface area contributed by atoms with E-state index in [0.717, 1.165) is 6.20 Å². The van der Waals surface area contributed by atoms with Gasteiger partial charge in [0.1, 0.15) is 35.2 Å². The SMILES string of the molecule is C[C@@]1(c2cc(CC(=O)c3ccc(OC(F)F)cn3)ccc2F)COCC(N)=N1.Cl. The van der Waals surface area contributed by atoms with E-state index >= 15 is 0 Å². The van der Waals surface area contributed by atoms with Gasteiger partial charge in [-0.2, -0.15) is 8.78 Å². The molecule has 3 rings (SSSR count). The Morgan fingerprint density at radius 3 is 2.72 bits per heavy atom. The predicted octanol–water partition coefficient (Wildman–Crippen LogP) is 3.27. The van der Waals surface area contributed by atoms with Crippen LogP contribution in [-0.4, -0.2) is 36.4 Å². The Morgan fingerprint density at radius 1 is 1.34 bits per heavy atom. The maximum absolute atomic E-state index is 14.4. The molecule has 0 fully saturated rings. The maximum Gasteiger partial charge on any atom is 0.387 e. The Bertz CT molecular complexity index is 909. The van der Waals surface area contributed by atoms with Crippen LogP contribution >= 0.6 is 12.4 Å². The molecule has 0 unspecified atom stereocenters. The second-order valence-corrected chi connectivity index (χ2v) is 6.54. The molecule has 1 atom stereocenters. The molecule has 0 saturated carbocycles. The molecule has 0 amide bonds. The highest BCUT2D eigenvalue weighted by Crippen LogP contribution is 2.31. The molecule has 2 heterocycles. The van der Waals surface area contributed by atoms with Crippen molar-refractivity contribution in [3.05, 3.63) is 59.2 Å². The van der Waals surface area contributed by atoms with Gasteiger partial charge in [-0.3, -0.25) is 9.79 Å². The molecule has 0 bridgehead atoms. The van der Waals surface area contributed by atoms with Crippen LogP contribution in [0.15, 0.2) is 41.5 Å². The van der Waals surface area contributed by atoms with Crippen molar-refractivity contribution >= 4 is 24.0 Å². The van der Waals surface area contributed by atoms with Crippen LogP contribution in [0.3, 0.4) is 0 Å². The fourth-order valence-electron chi connectivity index (χ4n) is 2.96. The number of aromatic nitrogens is 1. The summed E-state index contributed by atoms with van der Waals surface area (Å²) in [6.45, 7) is -0.920. The molecule has 0 radical (unpaired) electrons. The van der Waals surface area contributed by atoms with Gasteiger partial charge in [0.15, 0.2) is 5.78 Å². The lowest BCUT2D eigenvalue weighted by Crippen LogP contribution is -2.38. The number of ketones is 1. The highest BCUT2D eigenvalue weighted by molar-refractivity contribution is 5.95. The highest BCUT2D eigenvalue weighted by Gasteiger charge is 2.33. The van der Waals surface area contributed by atoms with Gasteiger partial charge in [0.2, 0.25) is 0 Å². The molecule has 1 aliphatic rings. The van der Waals surface area contributed by atoms with E-state index in [9.17, 15) is 18.0 Å². The number of aliphatic imine (C=N–C) groups is 1. The average Bonchev–Trinajstić information content (AvgIpc) is 2.63. The van der Waals surface area contributed by atoms with Crippen LogP contribution in [0.2, 0.25) is 0 Å². The number of nitrogens with two attached hydrogens (primary N) is 1. The van der Waals surface area contributed by atoms with Gasteiger partial charge in [-0.1, -0.05) is 6.07 Å². The number of Topliss-reactive ketones (excluding diaryl/α,β-unsaturated/α-hetero) is 1. The largest absolute Gasteiger partial charge is 0.433 e. The maximum atomic E-state index is 14.4. The van der Waals surface area contributed by atoms with Crippen LogP contribution in [0.5, 0.6) is 5.75 Å². The third-order valence-electron chi connectivity index (χ3n) is 4.25. The van der Waals surface area contributed by atoms with Crippen molar-refractivity contribution < 1.29 is 27.4 Å². The van der Waals surface area contributed by atoms with Crippen LogP contribution < -0.4 is 10.5 Å². The fourth-order valence-corrected chi connectivity index (χ4v) is 2.96. The van der Waals surface area contributed by atoms with E-state index in [1.165, 1.54) is 24.3 Å². The first-order valence-corrected chi connectivity index (χ1v) is 8.42. The lowest BCUT2D eigenvalue weighted by molar-refractivity contribution is -0.0500. The Labute approximate surface area is 171 Å². The van der Waals surface area contributed by atoms with E-state index in [0.29, 0.717) is 5.56 Å². The molecule has 2 N–H and O–H groups in total. The molecule has 0 aliphatic carbocycles. The number of halogens is 4. The van der Waals surface area contributed by atoms with Crippen molar-refractivity contribution in [1.29, 1.82) is 0 Å². The second-order valence-electron chi connectivity index (χ2n) is 6.54. The molecule has 1 aromatic heterocycles. The molecule has 1 aliphatic heterocycles. The fraction of sp³-hybridized carbons (Fsp3) is 0.316. The summed E-state index contributed by atoms with van der Waals surface area (Å²) in [5, 5.41) is 0. The number of nitrogens with zero attached hydrogens (tertiary/aromatic N) is 2. The first-order chi connectivity index (χ1) is 13.3. The Hall–Kier alpha value is -2.65. The summed E-state index contributed by atoms with van der Waals surface area (Å²) in [6, 6.07) is 6.83. The minimum absolute atomic E-state index is 0. The van der Waals surface area contributed by atoms with Crippen molar-refractivity contribution in [2.75, 3.05) is 13.2 Å². The average molecular weight is 430 g/mol. The van der Waals surface area contributed by atoms with E-state index in [4.69, 9.17) is 10.5 Å². The zero-order valence-electron chi connectivity index (χ0n) is 15.4. The van der Waals surface area contributed by atoms with E-state index in [-0.39, 0.29) is 60.7 Å². The van der Waals surface area contributed by atoms with Crippen LogP contribution in [-0.2, 0) is 16.7 Å². The number of carbonyl (C=O) groups is 1. The number of hydrogen-bond acceptors (Lipinski definition) is 6. The second kappa shape index (κ2) is 9.23. The topological polar surface area (TPSA) is 86.8 Å². The molecule has 0 spiro atoms. The van der Waals surface area contributed by atoms with Gasteiger partial charge >= 0.3 is 6.61 Å². The Morgan fingerprint density at radius 2 is 2.10 bits per heavy atom. The van der Waals surface area contributed by atoms with Gasteiger partial charge in [0.25, 0.3) is 0 Å². The molecular weight excluding hydrogens is 411 g/mol. The summed E-state index contributed by atoms with van der Waals surface area (Å²) in [4.78, 5) is 20.6. The van der Waals surface area contributed by atoms with Crippen molar-refractivity contribution in [3.8, 4) is 5.75 Å². The number of amidine groups is 1. The van der Waals surface area contributed by atoms with Crippen LogP contribution in [0.4, 0.5) is 13.2 Å². The summed E-state index contributed by atoms with van der Waals surface area (Å²) >= 11 is 0. The molecule has 29 heavy (non-hydrogen) atoms. The van der Waals surface area contributed by atoms with Gasteiger partial charge in [0.05, 0.1) is 12.8 Å². The van der Waals surface area contributed by atoms with Crippen LogP contribution in [0, 0.1) is 5.82 Å². The van der Waals surface area contributed by atoms with Crippen molar-refractivity contribution in [2.24, 2.45) is 10.7 Å². The molecule has 2 aromatic rings. The number of hydrogen-bond donors (Lipinski definition) is 1. The van der Waals surface area contributed by atoms with Gasteiger partial charge in [-0.15, -0.1) is 12.4 Å². The lowest BCUT2D eigenvalue weighted by atomic mass is 9.90. The summed E-state index contributed by atoms with van der Waals surface area (Å²) in [7, 11) is 0. The summed E-state index contributed by atoms with van der Waals surface area (Å²) in [6.07, 6.45) is 0.999. The standard InChI is InChI=1S/C19H18F3N3O3.ClH/c1-19(10-27-9-17(23)25-19)13-6-11(2-4-14(13)20)7-16(26)15-5-3-12(8-24-15)28-18(21)22;/h2-6,8,18H,7,9-10H2,1H3,(H2,23,25);1H/t19-;/m0./s1. The van der Waals surface area contributed by atoms with E-state index < -0.39 is 18.0 Å². The van der Waals surface area contributed by atoms with E-state index in [2.05, 4.69) is 14.7 Å². The van der Waals surface area contributed by atoms with Crippen molar-refractivity contribution in [1.82, 2.24) is 4.98 Å². The van der Waals surface area contributed by atoms with E-state index in [1.807, 2.05) is 0 Å².